The van der Waals surface area contributed by atoms with Crippen LogP contribution in [0.1, 0.15) is 10.4 Å². The largest absolute Gasteiger partial charge is 0.365 e. The highest BCUT2D eigenvalue weighted by atomic mass is 32.2. The van der Waals surface area contributed by atoms with Gasteiger partial charge in [0.2, 0.25) is 0 Å². The van der Waals surface area contributed by atoms with Gasteiger partial charge in [-0.25, -0.2) is 4.98 Å². The minimum Gasteiger partial charge on any atom is -0.365 e. The number of nitrogens with one attached hydrogen (secondary N) is 1. The van der Waals surface area contributed by atoms with Crippen LogP contribution in [-0.2, 0) is 0 Å². The van der Waals surface area contributed by atoms with E-state index in [-0.39, 0.29) is 0 Å². The zero-order valence-corrected chi connectivity index (χ0v) is 8.39. The van der Waals surface area contributed by atoms with Crippen molar-refractivity contribution in [1.29, 1.82) is 0 Å². The number of H-pyrrole nitrogens is 1. The first-order chi connectivity index (χ1) is 6.74. The van der Waals surface area contributed by atoms with Crippen molar-refractivity contribution in [2.75, 3.05) is 6.26 Å². The van der Waals surface area contributed by atoms with Crippen molar-refractivity contribution in [3.05, 3.63) is 24.0 Å². The van der Waals surface area contributed by atoms with Gasteiger partial charge in [-0.2, -0.15) is 0 Å². The molecule has 0 atom stereocenters. The molecule has 1 amide bonds. The topological polar surface area (TPSA) is 71.8 Å². The van der Waals surface area contributed by atoms with Gasteiger partial charge >= 0.3 is 0 Å². The number of aromatic nitrogens is 2. The zero-order valence-electron chi connectivity index (χ0n) is 7.57. The van der Waals surface area contributed by atoms with Crippen LogP contribution in [0, 0.1) is 0 Å². The maximum atomic E-state index is 11.2. The Kier molecular flexibility index (Phi) is 2.17. The molecule has 0 aliphatic rings. The fourth-order valence-electron chi connectivity index (χ4n) is 1.40. The van der Waals surface area contributed by atoms with Crippen molar-refractivity contribution in [2.45, 2.75) is 4.90 Å². The van der Waals surface area contributed by atoms with Gasteiger partial charge in [0, 0.05) is 4.90 Å². The van der Waals surface area contributed by atoms with Gasteiger partial charge in [0.1, 0.15) is 5.52 Å². The molecule has 0 bridgehead atoms. The number of primary amides is 1. The number of rotatable bonds is 2. The Morgan fingerprint density at radius 1 is 1.57 bits per heavy atom. The number of hydrogen-bond donors (Lipinski definition) is 2. The monoisotopic (exact) mass is 207 g/mol. The van der Waals surface area contributed by atoms with E-state index in [0.29, 0.717) is 11.1 Å². The lowest BCUT2D eigenvalue weighted by molar-refractivity contribution is 0.0999. The lowest BCUT2D eigenvalue weighted by Gasteiger charge is -2.03. The number of fused-ring (bicyclic) bond motifs is 1. The van der Waals surface area contributed by atoms with Crippen LogP contribution in [0.25, 0.3) is 11.0 Å². The molecule has 1 aromatic heterocycles. The second-order valence-electron chi connectivity index (χ2n) is 2.81. The number of nitrogens with zero attached hydrogens (tertiary/aromatic N) is 1. The van der Waals surface area contributed by atoms with Gasteiger partial charge < -0.3 is 10.7 Å². The quantitative estimate of drug-likeness (QED) is 0.731. The van der Waals surface area contributed by atoms with Gasteiger partial charge in [-0.1, -0.05) is 0 Å². The van der Waals surface area contributed by atoms with Crippen LogP contribution in [-0.4, -0.2) is 22.1 Å². The van der Waals surface area contributed by atoms with Gasteiger partial charge in [0.15, 0.2) is 0 Å². The predicted molar refractivity (Wildman–Crippen MR) is 56.4 cm³/mol. The van der Waals surface area contributed by atoms with Crippen molar-refractivity contribution >= 4 is 28.7 Å². The molecule has 0 aliphatic heterocycles. The van der Waals surface area contributed by atoms with Crippen molar-refractivity contribution in [2.24, 2.45) is 5.73 Å². The number of nitrogens with two attached hydrogens (primary N) is 1. The molecule has 3 N–H and O–H groups in total. The Hall–Kier alpha value is -1.49. The molecule has 4 nitrogen and oxygen atoms in total. The van der Waals surface area contributed by atoms with E-state index in [9.17, 15) is 4.79 Å². The van der Waals surface area contributed by atoms with E-state index in [1.807, 2.05) is 18.4 Å². The molecule has 2 rings (SSSR count). The molecule has 0 aliphatic carbocycles. The summed E-state index contributed by atoms with van der Waals surface area (Å²) in [6, 6.07) is 3.76. The third-order valence-corrected chi connectivity index (χ3v) is 2.80. The van der Waals surface area contributed by atoms with Crippen LogP contribution in [0.5, 0.6) is 0 Å². The number of amides is 1. The summed E-state index contributed by atoms with van der Waals surface area (Å²) in [6.45, 7) is 0. The molecule has 5 heteroatoms. The third-order valence-electron chi connectivity index (χ3n) is 2.02. The summed E-state index contributed by atoms with van der Waals surface area (Å²) in [5, 5.41) is 0. The van der Waals surface area contributed by atoms with Crippen LogP contribution in [0.4, 0.5) is 0 Å². The Morgan fingerprint density at radius 2 is 2.36 bits per heavy atom. The van der Waals surface area contributed by atoms with E-state index in [0.717, 1.165) is 10.4 Å². The van der Waals surface area contributed by atoms with E-state index < -0.39 is 5.91 Å². The molecular formula is C9H9N3OS. The van der Waals surface area contributed by atoms with Gasteiger partial charge in [-0.05, 0) is 18.4 Å². The molecule has 72 valence electrons. The average molecular weight is 207 g/mol. The number of imidazole rings is 1. The molecule has 0 unspecified atom stereocenters. The summed E-state index contributed by atoms with van der Waals surface area (Å²) in [5.41, 5.74) is 7.28. The fourth-order valence-corrected chi connectivity index (χ4v) is 2.00. The summed E-state index contributed by atoms with van der Waals surface area (Å²) < 4.78 is 0. The highest BCUT2D eigenvalue weighted by molar-refractivity contribution is 7.98. The average Bonchev–Trinajstić information content (AvgIpc) is 2.62. The SMILES string of the molecule is CSc1ccc2[nH]cnc2c1C(N)=O. The molecule has 0 saturated carbocycles. The van der Waals surface area contributed by atoms with Crippen LogP contribution < -0.4 is 5.73 Å². The smallest absolute Gasteiger partial charge is 0.252 e. The summed E-state index contributed by atoms with van der Waals surface area (Å²) in [6.07, 6.45) is 3.46. The zero-order chi connectivity index (χ0) is 10.1. The van der Waals surface area contributed by atoms with Gasteiger partial charge in [0.25, 0.3) is 5.91 Å². The van der Waals surface area contributed by atoms with Gasteiger partial charge in [-0.3, -0.25) is 4.79 Å². The maximum Gasteiger partial charge on any atom is 0.252 e. The molecule has 1 heterocycles. The number of carbonyl (C=O) groups excluding carboxylic acids is 1. The number of hydrogen-bond acceptors (Lipinski definition) is 3. The fraction of sp³-hybridized carbons (Fsp3) is 0.111. The normalized spacial score (nSPS) is 10.6. The minimum atomic E-state index is -0.438. The van der Waals surface area contributed by atoms with Crippen molar-refractivity contribution in [3.8, 4) is 0 Å². The molecule has 0 fully saturated rings. The first-order valence-electron chi connectivity index (χ1n) is 4.04. The molecule has 0 saturated heterocycles. The Balaban J connectivity index is 2.82. The van der Waals surface area contributed by atoms with E-state index in [2.05, 4.69) is 9.97 Å². The van der Waals surface area contributed by atoms with E-state index in [1.165, 1.54) is 11.8 Å². The minimum absolute atomic E-state index is 0.438. The summed E-state index contributed by atoms with van der Waals surface area (Å²) in [7, 11) is 0. The maximum absolute atomic E-state index is 11.2. The van der Waals surface area contributed by atoms with Crippen molar-refractivity contribution in [3.63, 3.8) is 0 Å². The van der Waals surface area contributed by atoms with Crippen LogP contribution in [0.15, 0.2) is 23.4 Å². The number of benzene rings is 1. The second-order valence-corrected chi connectivity index (χ2v) is 3.65. The predicted octanol–water partition coefficient (Wildman–Crippen LogP) is 1.38. The van der Waals surface area contributed by atoms with E-state index in [4.69, 9.17) is 5.73 Å². The van der Waals surface area contributed by atoms with Crippen molar-refractivity contribution in [1.82, 2.24) is 9.97 Å². The van der Waals surface area contributed by atoms with Crippen LogP contribution >= 0.6 is 11.8 Å². The Morgan fingerprint density at radius 3 is 3.00 bits per heavy atom. The number of carbonyl (C=O) groups is 1. The van der Waals surface area contributed by atoms with Crippen molar-refractivity contribution < 1.29 is 4.79 Å². The molecule has 2 aromatic rings. The first kappa shape index (κ1) is 9.08. The molecule has 1 aromatic carbocycles. The first-order valence-corrected chi connectivity index (χ1v) is 5.26. The van der Waals surface area contributed by atoms with Gasteiger partial charge in [0.05, 0.1) is 17.4 Å². The molecule has 0 spiro atoms. The summed E-state index contributed by atoms with van der Waals surface area (Å²) in [4.78, 5) is 19.1. The standard InChI is InChI=1S/C9H9N3OS/c1-14-6-3-2-5-8(12-4-11-5)7(6)9(10)13/h2-4H,1H3,(H2,10,13)(H,11,12). The van der Waals surface area contributed by atoms with Gasteiger partial charge in [-0.15, -0.1) is 11.8 Å². The number of thioether (sulfide) groups is 1. The lowest BCUT2D eigenvalue weighted by atomic mass is 10.2. The highest BCUT2D eigenvalue weighted by Crippen LogP contribution is 2.25. The third kappa shape index (κ3) is 1.26. The van der Waals surface area contributed by atoms with Crippen LogP contribution in [0.3, 0.4) is 0 Å². The van der Waals surface area contributed by atoms with E-state index in [1.54, 1.807) is 6.33 Å². The number of aromatic amines is 1. The Bertz CT molecular complexity index is 492. The Labute approximate surface area is 84.9 Å². The highest BCUT2D eigenvalue weighted by Gasteiger charge is 2.13. The van der Waals surface area contributed by atoms with Crippen LogP contribution in [0.2, 0.25) is 0 Å². The molecule has 0 radical (unpaired) electrons. The lowest BCUT2D eigenvalue weighted by Crippen LogP contribution is -2.12. The summed E-state index contributed by atoms with van der Waals surface area (Å²) >= 11 is 1.49. The molecular weight excluding hydrogens is 198 g/mol. The molecule has 14 heavy (non-hydrogen) atoms. The van der Waals surface area contributed by atoms with E-state index >= 15 is 0 Å². The second kappa shape index (κ2) is 3.34. The summed E-state index contributed by atoms with van der Waals surface area (Å²) in [5.74, 6) is -0.438.